The maximum absolute atomic E-state index is 11.0. The summed E-state index contributed by atoms with van der Waals surface area (Å²) in [5.74, 6) is 0.296. The van der Waals surface area contributed by atoms with Crippen LogP contribution in [0.15, 0.2) is 29.0 Å². The standard InChI is InChI=1S/C12H9BrClN3O3/c1-2-7-11(14)15-6-16-12(7)20-10-8(13)4-3-5-9(10)17(18)19/h3-6H,2H2,1H3. The minimum atomic E-state index is -0.519. The molecule has 1 aromatic heterocycles. The first-order valence-corrected chi connectivity index (χ1v) is 6.81. The molecule has 6 nitrogen and oxygen atoms in total. The number of nitro groups is 1. The molecule has 104 valence electrons. The van der Waals surface area contributed by atoms with Crippen LogP contribution in [0.1, 0.15) is 12.5 Å². The molecule has 0 fully saturated rings. The first-order valence-electron chi connectivity index (χ1n) is 5.64. The first kappa shape index (κ1) is 14.7. The molecule has 1 heterocycles. The number of halogens is 2. The van der Waals surface area contributed by atoms with E-state index in [2.05, 4.69) is 25.9 Å². The summed E-state index contributed by atoms with van der Waals surface area (Å²) in [4.78, 5) is 18.4. The minimum Gasteiger partial charge on any atom is -0.430 e. The predicted molar refractivity (Wildman–Crippen MR) is 77.3 cm³/mol. The Morgan fingerprint density at radius 2 is 2.20 bits per heavy atom. The average Bonchev–Trinajstić information content (AvgIpc) is 2.41. The topological polar surface area (TPSA) is 78.2 Å². The van der Waals surface area contributed by atoms with Gasteiger partial charge in [0.05, 0.1) is 15.0 Å². The summed E-state index contributed by atoms with van der Waals surface area (Å²) in [6.45, 7) is 1.87. The van der Waals surface area contributed by atoms with E-state index < -0.39 is 4.92 Å². The Balaban J connectivity index is 2.50. The number of nitro benzene ring substituents is 1. The Kier molecular flexibility index (Phi) is 4.51. The van der Waals surface area contributed by atoms with E-state index in [4.69, 9.17) is 16.3 Å². The Morgan fingerprint density at radius 3 is 2.85 bits per heavy atom. The molecule has 8 heteroatoms. The van der Waals surface area contributed by atoms with Crippen molar-refractivity contribution in [1.29, 1.82) is 0 Å². The van der Waals surface area contributed by atoms with Crippen LogP contribution in [0.25, 0.3) is 0 Å². The van der Waals surface area contributed by atoms with Crippen molar-refractivity contribution in [2.75, 3.05) is 0 Å². The largest absolute Gasteiger partial charge is 0.430 e. The van der Waals surface area contributed by atoms with Crippen molar-refractivity contribution < 1.29 is 9.66 Å². The third kappa shape index (κ3) is 2.88. The van der Waals surface area contributed by atoms with Gasteiger partial charge >= 0.3 is 5.69 Å². The summed E-state index contributed by atoms with van der Waals surface area (Å²) < 4.78 is 6.04. The molecule has 20 heavy (non-hydrogen) atoms. The summed E-state index contributed by atoms with van der Waals surface area (Å²) in [5.41, 5.74) is 0.440. The minimum absolute atomic E-state index is 0.0852. The number of ether oxygens (including phenoxy) is 1. The van der Waals surface area contributed by atoms with Crippen LogP contribution in [0.4, 0.5) is 5.69 Å². The lowest BCUT2D eigenvalue weighted by molar-refractivity contribution is -0.385. The molecular weight excluding hydrogens is 350 g/mol. The Hall–Kier alpha value is -1.73. The highest BCUT2D eigenvalue weighted by molar-refractivity contribution is 9.10. The first-order chi connectivity index (χ1) is 9.54. The average molecular weight is 359 g/mol. The number of nitrogens with zero attached hydrogens (tertiary/aromatic N) is 3. The Bertz CT molecular complexity index is 666. The van der Waals surface area contributed by atoms with Gasteiger partial charge in [0.15, 0.2) is 0 Å². The molecule has 0 bridgehead atoms. The van der Waals surface area contributed by atoms with Crippen molar-refractivity contribution in [2.45, 2.75) is 13.3 Å². The number of hydrogen-bond acceptors (Lipinski definition) is 5. The lowest BCUT2D eigenvalue weighted by Gasteiger charge is -2.10. The second kappa shape index (κ2) is 6.15. The van der Waals surface area contributed by atoms with Crippen LogP contribution in [0.2, 0.25) is 5.15 Å². The van der Waals surface area contributed by atoms with E-state index in [9.17, 15) is 10.1 Å². The number of hydrogen-bond donors (Lipinski definition) is 0. The van der Waals surface area contributed by atoms with Crippen molar-refractivity contribution in [3.05, 3.63) is 49.8 Å². The van der Waals surface area contributed by atoms with Crippen molar-refractivity contribution in [1.82, 2.24) is 9.97 Å². The van der Waals surface area contributed by atoms with Gasteiger partial charge in [-0.1, -0.05) is 24.6 Å². The SMILES string of the molecule is CCc1c(Cl)ncnc1Oc1c(Br)cccc1[N+](=O)[O-]. The van der Waals surface area contributed by atoms with Gasteiger partial charge in [-0.05, 0) is 28.4 Å². The number of para-hydroxylation sites is 1. The van der Waals surface area contributed by atoms with Crippen molar-refractivity contribution in [3.8, 4) is 11.6 Å². The molecular formula is C12H9BrClN3O3. The smallest absolute Gasteiger partial charge is 0.312 e. The lowest BCUT2D eigenvalue weighted by Crippen LogP contribution is -1.99. The third-order valence-electron chi connectivity index (χ3n) is 2.55. The molecule has 0 aliphatic rings. The molecule has 0 unspecified atom stereocenters. The molecule has 0 saturated heterocycles. The third-order valence-corrected chi connectivity index (χ3v) is 3.50. The highest BCUT2D eigenvalue weighted by atomic mass is 79.9. The van der Waals surface area contributed by atoms with Crippen molar-refractivity contribution >= 4 is 33.2 Å². The molecule has 0 atom stereocenters. The summed E-state index contributed by atoms with van der Waals surface area (Å²) in [5, 5.41) is 11.3. The zero-order valence-electron chi connectivity index (χ0n) is 10.3. The van der Waals surface area contributed by atoms with Gasteiger partial charge in [-0.15, -0.1) is 0 Å². The summed E-state index contributed by atoms with van der Waals surface area (Å²) in [6.07, 6.45) is 1.80. The number of aromatic nitrogens is 2. The van der Waals surface area contributed by atoms with Gasteiger partial charge in [0.25, 0.3) is 0 Å². The molecule has 0 aliphatic heterocycles. The van der Waals surface area contributed by atoms with E-state index in [-0.39, 0.29) is 22.5 Å². The molecule has 0 amide bonds. The maximum Gasteiger partial charge on any atom is 0.312 e. The van der Waals surface area contributed by atoms with E-state index in [0.29, 0.717) is 16.5 Å². The van der Waals surface area contributed by atoms with Crippen molar-refractivity contribution in [3.63, 3.8) is 0 Å². The second-order valence-corrected chi connectivity index (χ2v) is 4.96. The summed E-state index contributed by atoms with van der Waals surface area (Å²) in [7, 11) is 0. The van der Waals surface area contributed by atoms with Crippen LogP contribution >= 0.6 is 27.5 Å². The fourth-order valence-corrected chi connectivity index (χ4v) is 2.29. The van der Waals surface area contributed by atoms with E-state index in [1.807, 2.05) is 6.92 Å². The van der Waals surface area contributed by atoms with Crippen LogP contribution in [0.3, 0.4) is 0 Å². The monoisotopic (exact) mass is 357 g/mol. The molecule has 0 aliphatic carbocycles. The molecule has 0 radical (unpaired) electrons. The molecule has 0 spiro atoms. The van der Waals surface area contributed by atoms with Gasteiger partial charge in [0.2, 0.25) is 11.6 Å². The molecule has 0 saturated carbocycles. The predicted octanol–water partition coefficient (Wildman–Crippen LogP) is 4.16. The van der Waals surface area contributed by atoms with Crippen LogP contribution in [0.5, 0.6) is 11.6 Å². The van der Waals surface area contributed by atoms with Gasteiger partial charge in [-0.2, -0.15) is 0 Å². The molecule has 2 aromatic rings. The van der Waals surface area contributed by atoms with E-state index >= 15 is 0 Å². The van der Waals surface area contributed by atoms with Gasteiger partial charge in [0, 0.05) is 6.07 Å². The van der Waals surface area contributed by atoms with Crippen LogP contribution in [-0.4, -0.2) is 14.9 Å². The van der Waals surface area contributed by atoms with Crippen LogP contribution in [-0.2, 0) is 6.42 Å². The van der Waals surface area contributed by atoms with Gasteiger partial charge in [-0.25, -0.2) is 9.97 Å². The normalized spacial score (nSPS) is 10.3. The lowest BCUT2D eigenvalue weighted by atomic mass is 10.2. The number of rotatable bonds is 4. The Morgan fingerprint density at radius 1 is 1.45 bits per heavy atom. The quantitative estimate of drug-likeness (QED) is 0.466. The highest BCUT2D eigenvalue weighted by Gasteiger charge is 2.21. The summed E-state index contributed by atoms with van der Waals surface area (Å²) in [6, 6.07) is 4.56. The van der Waals surface area contributed by atoms with Gasteiger partial charge < -0.3 is 4.74 Å². The zero-order valence-corrected chi connectivity index (χ0v) is 12.7. The molecule has 0 N–H and O–H groups in total. The highest BCUT2D eigenvalue weighted by Crippen LogP contribution is 2.38. The maximum atomic E-state index is 11.0. The van der Waals surface area contributed by atoms with Gasteiger partial charge in [0.1, 0.15) is 11.5 Å². The molecule has 1 aromatic carbocycles. The molecule has 2 rings (SSSR count). The fraction of sp³-hybridized carbons (Fsp3) is 0.167. The summed E-state index contributed by atoms with van der Waals surface area (Å²) >= 11 is 9.19. The number of benzene rings is 1. The van der Waals surface area contributed by atoms with Gasteiger partial charge in [-0.3, -0.25) is 10.1 Å². The zero-order chi connectivity index (χ0) is 14.7. The van der Waals surface area contributed by atoms with E-state index in [0.717, 1.165) is 0 Å². The van der Waals surface area contributed by atoms with Crippen molar-refractivity contribution in [2.24, 2.45) is 0 Å². The van der Waals surface area contributed by atoms with E-state index in [1.54, 1.807) is 12.1 Å². The van der Waals surface area contributed by atoms with Crippen LogP contribution in [0, 0.1) is 10.1 Å². The Labute approximate surface area is 128 Å². The van der Waals surface area contributed by atoms with E-state index in [1.165, 1.54) is 12.4 Å². The van der Waals surface area contributed by atoms with Crippen LogP contribution < -0.4 is 4.74 Å². The second-order valence-electron chi connectivity index (χ2n) is 3.75. The fourth-order valence-electron chi connectivity index (χ4n) is 1.60.